The molecule has 0 amide bonds. The summed E-state index contributed by atoms with van der Waals surface area (Å²) in [5, 5.41) is 0.910. The van der Waals surface area contributed by atoms with E-state index in [2.05, 4.69) is 0 Å². The molecule has 78 valence electrons. The molecular formula is C12H12O3. The molecule has 0 N–H and O–H groups in total. The maximum absolute atomic E-state index is 10.9. The van der Waals surface area contributed by atoms with E-state index >= 15 is 0 Å². The molecule has 0 saturated heterocycles. The highest BCUT2D eigenvalue weighted by Gasteiger charge is 2.09. The molecule has 0 aliphatic rings. The third-order valence-corrected chi connectivity index (χ3v) is 2.38. The lowest BCUT2D eigenvalue weighted by molar-refractivity contribution is 0.112. The van der Waals surface area contributed by atoms with Crippen molar-refractivity contribution in [1.29, 1.82) is 0 Å². The fourth-order valence-electron chi connectivity index (χ4n) is 1.58. The van der Waals surface area contributed by atoms with Crippen molar-refractivity contribution in [2.45, 2.75) is 13.3 Å². The van der Waals surface area contributed by atoms with Crippen LogP contribution < -0.4 is 4.74 Å². The molecule has 1 heterocycles. The van der Waals surface area contributed by atoms with Crippen molar-refractivity contribution in [3.63, 3.8) is 0 Å². The lowest BCUT2D eigenvalue weighted by Gasteiger charge is -2.00. The molecule has 0 bridgehead atoms. The third-order valence-electron chi connectivity index (χ3n) is 2.38. The van der Waals surface area contributed by atoms with E-state index in [4.69, 9.17) is 9.15 Å². The van der Waals surface area contributed by atoms with E-state index in [1.165, 1.54) is 0 Å². The van der Waals surface area contributed by atoms with E-state index in [-0.39, 0.29) is 0 Å². The molecule has 3 heteroatoms. The molecule has 0 aliphatic carbocycles. The molecule has 0 unspecified atom stereocenters. The monoisotopic (exact) mass is 204 g/mol. The van der Waals surface area contributed by atoms with Gasteiger partial charge in [-0.15, -0.1) is 0 Å². The Balaban J connectivity index is 2.71. The molecule has 2 rings (SSSR count). The van der Waals surface area contributed by atoms with Crippen LogP contribution in [0.5, 0.6) is 5.75 Å². The zero-order valence-electron chi connectivity index (χ0n) is 8.74. The van der Waals surface area contributed by atoms with Gasteiger partial charge in [-0.3, -0.25) is 4.79 Å². The summed E-state index contributed by atoms with van der Waals surface area (Å²) in [7, 11) is 1.58. The van der Waals surface area contributed by atoms with Gasteiger partial charge in [-0.05, 0) is 18.2 Å². The Morgan fingerprint density at radius 3 is 2.80 bits per heavy atom. The van der Waals surface area contributed by atoms with Gasteiger partial charge < -0.3 is 9.15 Å². The smallest absolute Gasteiger partial charge is 0.153 e. The Morgan fingerprint density at radius 1 is 1.40 bits per heavy atom. The minimum Gasteiger partial charge on any atom is -0.497 e. The second-order valence-corrected chi connectivity index (χ2v) is 3.32. The van der Waals surface area contributed by atoms with Crippen molar-refractivity contribution in [3.05, 3.63) is 29.5 Å². The van der Waals surface area contributed by atoms with Gasteiger partial charge in [0.25, 0.3) is 0 Å². The van der Waals surface area contributed by atoms with Crippen LogP contribution in [0.3, 0.4) is 0 Å². The Morgan fingerprint density at radius 2 is 2.20 bits per heavy atom. The van der Waals surface area contributed by atoms with Crippen LogP contribution in [-0.2, 0) is 6.42 Å². The fraction of sp³-hybridized carbons (Fsp3) is 0.250. The Labute approximate surface area is 87.6 Å². The first-order valence-electron chi connectivity index (χ1n) is 4.84. The molecule has 1 aromatic heterocycles. The first-order chi connectivity index (χ1) is 7.28. The Hall–Kier alpha value is -1.77. The number of hydrogen-bond donors (Lipinski definition) is 0. The predicted molar refractivity (Wildman–Crippen MR) is 57.5 cm³/mol. The summed E-state index contributed by atoms with van der Waals surface area (Å²) in [5.41, 5.74) is 1.17. The third kappa shape index (κ3) is 1.61. The fourth-order valence-corrected chi connectivity index (χ4v) is 1.58. The number of furan rings is 1. The summed E-state index contributed by atoms with van der Waals surface area (Å²) >= 11 is 0. The number of methoxy groups -OCH3 is 1. The van der Waals surface area contributed by atoms with Crippen LogP contribution in [0, 0.1) is 0 Å². The number of aryl methyl sites for hydroxylation is 1. The summed E-state index contributed by atoms with van der Waals surface area (Å²) in [6.45, 7) is 2.01. The second kappa shape index (κ2) is 3.77. The van der Waals surface area contributed by atoms with Crippen LogP contribution >= 0.6 is 0 Å². The highest BCUT2D eigenvalue weighted by atomic mass is 16.5. The maximum Gasteiger partial charge on any atom is 0.153 e. The van der Waals surface area contributed by atoms with Crippen molar-refractivity contribution in [3.8, 4) is 5.75 Å². The van der Waals surface area contributed by atoms with E-state index in [1.54, 1.807) is 13.2 Å². The highest BCUT2D eigenvalue weighted by Crippen LogP contribution is 2.27. The Bertz CT molecular complexity index is 497. The van der Waals surface area contributed by atoms with Crippen LogP contribution in [0.25, 0.3) is 11.0 Å². The first kappa shape index (κ1) is 9.77. The van der Waals surface area contributed by atoms with Gasteiger partial charge in [0.15, 0.2) is 6.29 Å². The average molecular weight is 204 g/mol. The number of hydrogen-bond acceptors (Lipinski definition) is 3. The largest absolute Gasteiger partial charge is 0.497 e. The number of carbonyl (C=O) groups excluding carboxylic acids is 1. The average Bonchev–Trinajstić information content (AvgIpc) is 2.70. The SMILES string of the molecule is CCc1cc2cc(OC)cc(C=O)c2o1. The van der Waals surface area contributed by atoms with E-state index < -0.39 is 0 Å². The van der Waals surface area contributed by atoms with Crippen molar-refractivity contribution < 1.29 is 13.9 Å². The van der Waals surface area contributed by atoms with Crippen LogP contribution in [0.1, 0.15) is 23.0 Å². The zero-order valence-corrected chi connectivity index (χ0v) is 8.74. The zero-order chi connectivity index (χ0) is 10.8. The molecule has 1 aromatic carbocycles. The summed E-state index contributed by atoms with van der Waals surface area (Å²) in [5.74, 6) is 1.55. The van der Waals surface area contributed by atoms with Gasteiger partial charge in [-0.2, -0.15) is 0 Å². The highest BCUT2D eigenvalue weighted by molar-refractivity contribution is 5.96. The lowest BCUT2D eigenvalue weighted by atomic mass is 10.1. The number of benzene rings is 1. The number of fused-ring (bicyclic) bond motifs is 1. The van der Waals surface area contributed by atoms with E-state index in [1.807, 2.05) is 19.1 Å². The molecule has 15 heavy (non-hydrogen) atoms. The summed E-state index contributed by atoms with van der Waals surface area (Å²) in [6.07, 6.45) is 1.60. The minimum absolute atomic E-state index is 0.532. The molecular weight excluding hydrogens is 192 g/mol. The number of rotatable bonds is 3. The van der Waals surface area contributed by atoms with Gasteiger partial charge in [0, 0.05) is 11.8 Å². The van der Waals surface area contributed by atoms with Crippen molar-refractivity contribution >= 4 is 17.3 Å². The molecule has 0 radical (unpaired) electrons. The summed E-state index contributed by atoms with van der Waals surface area (Å²) in [4.78, 5) is 10.9. The van der Waals surface area contributed by atoms with Gasteiger partial charge in [-0.25, -0.2) is 0 Å². The van der Waals surface area contributed by atoms with E-state index in [9.17, 15) is 4.79 Å². The van der Waals surface area contributed by atoms with Gasteiger partial charge >= 0.3 is 0 Å². The second-order valence-electron chi connectivity index (χ2n) is 3.32. The standard InChI is InChI=1S/C12H12O3/c1-3-10-4-8-5-11(14-2)6-9(7-13)12(8)15-10/h4-7H,3H2,1-2H3. The van der Waals surface area contributed by atoms with Crippen LogP contribution in [0.4, 0.5) is 0 Å². The quantitative estimate of drug-likeness (QED) is 0.721. The topological polar surface area (TPSA) is 39.4 Å². The first-order valence-corrected chi connectivity index (χ1v) is 4.84. The molecule has 2 aromatic rings. The van der Waals surface area contributed by atoms with Gasteiger partial charge in [0.1, 0.15) is 17.1 Å². The van der Waals surface area contributed by atoms with Gasteiger partial charge in [-0.1, -0.05) is 6.92 Å². The summed E-state index contributed by atoms with van der Waals surface area (Å²) < 4.78 is 10.7. The lowest BCUT2D eigenvalue weighted by Crippen LogP contribution is -1.86. The molecule has 3 nitrogen and oxygen atoms in total. The Kier molecular flexibility index (Phi) is 2.46. The predicted octanol–water partition coefficient (Wildman–Crippen LogP) is 2.82. The molecule has 0 atom stereocenters. The van der Waals surface area contributed by atoms with Gasteiger partial charge in [0.05, 0.1) is 12.7 Å². The molecule has 0 saturated carbocycles. The number of carbonyl (C=O) groups is 1. The van der Waals surface area contributed by atoms with Crippen molar-refractivity contribution in [2.75, 3.05) is 7.11 Å². The van der Waals surface area contributed by atoms with Crippen molar-refractivity contribution in [1.82, 2.24) is 0 Å². The van der Waals surface area contributed by atoms with Crippen LogP contribution in [0.15, 0.2) is 22.6 Å². The summed E-state index contributed by atoms with van der Waals surface area (Å²) in [6, 6.07) is 5.48. The van der Waals surface area contributed by atoms with E-state index in [0.717, 1.165) is 23.9 Å². The van der Waals surface area contributed by atoms with Crippen LogP contribution in [-0.4, -0.2) is 13.4 Å². The van der Waals surface area contributed by atoms with Gasteiger partial charge in [0.2, 0.25) is 0 Å². The molecule has 0 spiro atoms. The normalized spacial score (nSPS) is 10.5. The number of ether oxygens (including phenoxy) is 1. The number of aldehydes is 1. The molecule has 0 aliphatic heterocycles. The van der Waals surface area contributed by atoms with E-state index in [0.29, 0.717) is 16.9 Å². The molecule has 0 fully saturated rings. The maximum atomic E-state index is 10.9. The van der Waals surface area contributed by atoms with Crippen LogP contribution in [0.2, 0.25) is 0 Å². The minimum atomic E-state index is 0.532. The van der Waals surface area contributed by atoms with Crippen molar-refractivity contribution in [2.24, 2.45) is 0 Å².